The number of nitrogens with one attached hydrogen (secondary N) is 1. The molecule has 0 amide bonds. The van der Waals surface area contributed by atoms with Gasteiger partial charge in [0.15, 0.2) is 0 Å². The molecule has 1 saturated heterocycles. The van der Waals surface area contributed by atoms with Crippen LogP contribution in [0.3, 0.4) is 0 Å². The van der Waals surface area contributed by atoms with Crippen molar-refractivity contribution in [3.05, 3.63) is 120 Å². The lowest BCUT2D eigenvalue weighted by Gasteiger charge is -2.19. The van der Waals surface area contributed by atoms with E-state index in [9.17, 15) is 18.3 Å². The van der Waals surface area contributed by atoms with Crippen LogP contribution in [0.25, 0.3) is 33.5 Å². The number of hydrogen-bond donors (Lipinski definition) is 2. The van der Waals surface area contributed by atoms with Crippen LogP contribution in [0, 0.1) is 5.41 Å². The average molecular weight is 581 g/mol. The summed E-state index contributed by atoms with van der Waals surface area (Å²) in [6, 6.07) is 31.5. The summed E-state index contributed by atoms with van der Waals surface area (Å²) in [4.78, 5) is 12.4. The molecule has 5 nitrogen and oxygen atoms in total. The second-order valence-corrected chi connectivity index (χ2v) is 11.7. The molecule has 2 aliphatic rings. The maximum atomic E-state index is 13.1. The number of hydrogen-bond acceptors (Lipinski definition) is 5. The van der Waals surface area contributed by atoms with Gasteiger partial charge in [-0.15, -0.1) is 0 Å². The minimum Gasteiger partial charge on any atom is -0.374 e. The maximum Gasteiger partial charge on any atom is 0.416 e. The van der Waals surface area contributed by atoms with Crippen LogP contribution in [0.4, 0.5) is 13.2 Å². The highest BCUT2D eigenvalue weighted by molar-refractivity contribution is 5.86. The van der Waals surface area contributed by atoms with E-state index in [-0.39, 0.29) is 17.0 Å². The van der Waals surface area contributed by atoms with E-state index in [2.05, 4.69) is 46.6 Å². The van der Waals surface area contributed by atoms with E-state index in [1.54, 1.807) is 0 Å². The highest BCUT2D eigenvalue weighted by Crippen LogP contribution is 2.53. The molecule has 1 aromatic heterocycles. The minimum atomic E-state index is -4.44. The number of benzene rings is 4. The van der Waals surface area contributed by atoms with Gasteiger partial charge in [0.1, 0.15) is 6.23 Å². The van der Waals surface area contributed by atoms with Gasteiger partial charge < -0.3 is 5.11 Å². The number of likely N-dealkylation sites (tertiary alicyclic amines) is 1. The SMILES string of the molecule is OC(NC1CC12CCN(Cc1ccc(-c3nc4ccccc4nc3-c3ccccc3)cc1)C2)c1cccc(C(F)(F)F)c1. The predicted octanol–water partition coefficient (Wildman–Crippen LogP) is 7.23. The Morgan fingerprint density at radius 1 is 0.837 bits per heavy atom. The van der Waals surface area contributed by atoms with Crippen LogP contribution in [0.2, 0.25) is 0 Å². The van der Waals surface area contributed by atoms with Gasteiger partial charge in [0, 0.05) is 35.7 Å². The van der Waals surface area contributed by atoms with Gasteiger partial charge in [-0.3, -0.25) is 10.2 Å². The summed E-state index contributed by atoms with van der Waals surface area (Å²) in [5, 5.41) is 13.8. The number of fused-ring (bicyclic) bond motifs is 1. The van der Waals surface area contributed by atoms with E-state index in [4.69, 9.17) is 9.97 Å². The fourth-order valence-electron chi connectivity index (χ4n) is 6.35. The van der Waals surface area contributed by atoms with Crippen LogP contribution >= 0.6 is 0 Å². The Bertz CT molecular complexity index is 1760. The van der Waals surface area contributed by atoms with E-state index in [1.165, 1.54) is 17.7 Å². The highest BCUT2D eigenvalue weighted by atomic mass is 19.4. The van der Waals surface area contributed by atoms with Crippen LogP contribution in [0.1, 0.15) is 35.8 Å². The van der Waals surface area contributed by atoms with Gasteiger partial charge in [-0.2, -0.15) is 13.2 Å². The smallest absolute Gasteiger partial charge is 0.374 e. The molecule has 1 aliphatic heterocycles. The summed E-state index contributed by atoms with van der Waals surface area (Å²) in [7, 11) is 0. The number of alkyl halides is 3. The molecular weight excluding hydrogens is 549 g/mol. The van der Waals surface area contributed by atoms with Crippen molar-refractivity contribution in [3.63, 3.8) is 0 Å². The van der Waals surface area contributed by atoms with Crippen LogP contribution in [-0.4, -0.2) is 39.1 Å². The normalized spacial score (nSPS) is 21.0. The van der Waals surface area contributed by atoms with Crippen molar-refractivity contribution in [2.75, 3.05) is 13.1 Å². The summed E-state index contributed by atoms with van der Waals surface area (Å²) < 4.78 is 39.3. The van der Waals surface area contributed by atoms with E-state index in [0.717, 1.165) is 78.2 Å². The Hall–Kier alpha value is -4.11. The largest absolute Gasteiger partial charge is 0.416 e. The summed E-state index contributed by atoms with van der Waals surface area (Å²) in [6.45, 7) is 2.63. The zero-order valence-electron chi connectivity index (χ0n) is 23.4. The number of aliphatic hydroxyl groups is 1. The van der Waals surface area contributed by atoms with Crippen molar-refractivity contribution in [1.82, 2.24) is 20.2 Å². The van der Waals surface area contributed by atoms with Crippen LogP contribution in [-0.2, 0) is 12.7 Å². The van der Waals surface area contributed by atoms with Crippen LogP contribution < -0.4 is 5.32 Å². The first-order valence-electron chi connectivity index (χ1n) is 14.5. The molecule has 1 spiro atoms. The zero-order chi connectivity index (χ0) is 29.6. The molecule has 1 aliphatic carbocycles. The molecule has 7 rings (SSSR count). The summed E-state index contributed by atoms with van der Waals surface area (Å²) in [6.07, 6.45) is -3.67. The number of rotatable bonds is 7. The molecule has 2 N–H and O–H groups in total. The first-order chi connectivity index (χ1) is 20.8. The molecule has 218 valence electrons. The quantitative estimate of drug-likeness (QED) is 0.199. The van der Waals surface area contributed by atoms with Crippen molar-refractivity contribution in [2.24, 2.45) is 5.41 Å². The Labute approximate surface area is 248 Å². The number of nitrogens with zero attached hydrogens (tertiary/aromatic N) is 3. The van der Waals surface area contributed by atoms with Crippen molar-refractivity contribution in [2.45, 2.75) is 37.8 Å². The highest BCUT2D eigenvalue weighted by Gasteiger charge is 2.57. The average Bonchev–Trinajstić information content (AvgIpc) is 3.52. The summed E-state index contributed by atoms with van der Waals surface area (Å²) in [5.41, 5.74) is 6.18. The third-order valence-electron chi connectivity index (χ3n) is 8.79. The van der Waals surface area contributed by atoms with Crippen molar-refractivity contribution in [3.8, 4) is 22.5 Å². The van der Waals surface area contributed by atoms with Gasteiger partial charge in [0.2, 0.25) is 0 Å². The first-order valence-corrected chi connectivity index (χ1v) is 14.5. The topological polar surface area (TPSA) is 61.3 Å². The molecule has 5 aromatic rings. The number of aromatic nitrogens is 2. The molecule has 2 fully saturated rings. The monoisotopic (exact) mass is 580 g/mol. The lowest BCUT2D eigenvalue weighted by molar-refractivity contribution is -0.137. The zero-order valence-corrected chi connectivity index (χ0v) is 23.4. The standard InChI is InChI=1S/C35H31F3N4O/c36-35(37,38)27-10-6-9-26(19-27)33(43)41-30-20-34(30)17-18-42(22-34)21-23-13-15-25(16-14-23)32-31(24-7-2-1-3-8-24)39-28-11-4-5-12-29(28)40-32/h1-16,19,30,33,41,43H,17-18,20-22H2. The molecule has 0 bridgehead atoms. The second-order valence-electron chi connectivity index (χ2n) is 11.7. The summed E-state index contributed by atoms with van der Waals surface area (Å²) >= 11 is 0. The van der Waals surface area contributed by atoms with Crippen molar-refractivity contribution in [1.29, 1.82) is 0 Å². The van der Waals surface area contributed by atoms with E-state index in [0.29, 0.717) is 0 Å². The fraction of sp³-hybridized carbons (Fsp3) is 0.257. The van der Waals surface area contributed by atoms with E-state index >= 15 is 0 Å². The van der Waals surface area contributed by atoms with Gasteiger partial charge >= 0.3 is 6.18 Å². The molecule has 3 unspecified atom stereocenters. The molecule has 4 aromatic carbocycles. The predicted molar refractivity (Wildman–Crippen MR) is 161 cm³/mol. The van der Waals surface area contributed by atoms with Gasteiger partial charge in [-0.1, -0.05) is 78.9 Å². The van der Waals surface area contributed by atoms with E-state index < -0.39 is 18.0 Å². The van der Waals surface area contributed by atoms with Gasteiger partial charge in [0.25, 0.3) is 0 Å². The number of aliphatic hydroxyl groups excluding tert-OH is 1. The number of para-hydroxylation sites is 2. The third kappa shape index (κ3) is 5.66. The Morgan fingerprint density at radius 3 is 2.16 bits per heavy atom. The second kappa shape index (κ2) is 10.9. The molecule has 8 heteroatoms. The molecule has 1 saturated carbocycles. The van der Waals surface area contributed by atoms with Crippen molar-refractivity contribution >= 4 is 11.0 Å². The fourth-order valence-corrected chi connectivity index (χ4v) is 6.35. The Kier molecular flexibility index (Phi) is 7.00. The number of halogens is 3. The Balaban J connectivity index is 1.02. The minimum absolute atomic E-state index is 0.0494. The van der Waals surface area contributed by atoms with Gasteiger partial charge in [-0.05, 0) is 54.8 Å². The molecule has 43 heavy (non-hydrogen) atoms. The lowest BCUT2D eigenvalue weighted by atomic mass is 10.0. The molecular formula is C35H31F3N4O. The first kappa shape index (κ1) is 27.7. The van der Waals surface area contributed by atoms with Crippen molar-refractivity contribution < 1.29 is 18.3 Å². The van der Waals surface area contributed by atoms with Gasteiger partial charge in [-0.25, -0.2) is 9.97 Å². The maximum absolute atomic E-state index is 13.1. The lowest BCUT2D eigenvalue weighted by Crippen LogP contribution is -2.29. The van der Waals surface area contributed by atoms with Crippen LogP contribution in [0.15, 0.2) is 103 Å². The summed E-state index contributed by atoms with van der Waals surface area (Å²) in [5.74, 6) is 0. The van der Waals surface area contributed by atoms with Crippen LogP contribution in [0.5, 0.6) is 0 Å². The Morgan fingerprint density at radius 2 is 1.49 bits per heavy atom. The molecule has 0 radical (unpaired) electrons. The van der Waals surface area contributed by atoms with E-state index in [1.807, 2.05) is 42.5 Å². The molecule has 3 atom stereocenters. The molecule has 2 heterocycles. The third-order valence-corrected chi connectivity index (χ3v) is 8.79. The van der Waals surface area contributed by atoms with Gasteiger partial charge in [0.05, 0.1) is 28.0 Å².